The first-order valence-electron chi connectivity index (χ1n) is 8.42. The predicted molar refractivity (Wildman–Crippen MR) is 98.0 cm³/mol. The zero-order valence-electron chi connectivity index (χ0n) is 14.9. The normalized spacial score (nSPS) is 12.2. The van der Waals surface area contributed by atoms with Crippen LogP contribution in [0, 0.1) is 5.92 Å². The molecule has 1 aromatic heterocycles. The second-order valence-corrected chi connectivity index (χ2v) is 7.16. The highest BCUT2D eigenvalue weighted by Crippen LogP contribution is 2.18. The smallest absolute Gasteiger partial charge is 0.225 e. The van der Waals surface area contributed by atoms with E-state index in [4.69, 9.17) is 4.74 Å². The van der Waals surface area contributed by atoms with Gasteiger partial charge in [0.15, 0.2) is 0 Å². The van der Waals surface area contributed by atoms with Crippen molar-refractivity contribution in [2.75, 3.05) is 0 Å². The number of thiazole rings is 1. The maximum absolute atomic E-state index is 12.4. The summed E-state index contributed by atoms with van der Waals surface area (Å²) in [4.78, 5) is 19.0. The van der Waals surface area contributed by atoms with Crippen molar-refractivity contribution < 1.29 is 9.53 Å². The number of benzene rings is 1. The number of amides is 1. The summed E-state index contributed by atoms with van der Waals surface area (Å²) in [5, 5.41) is 2.95. The van der Waals surface area contributed by atoms with Gasteiger partial charge in [0.05, 0.1) is 12.2 Å². The summed E-state index contributed by atoms with van der Waals surface area (Å²) in [7, 11) is 0. The van der Waals surface area contributed by atoms with Gasteiger partial charge in [-0.2, -0.15) is 0 Å². The maximum Gasteiger partial charge on any atom is 0.225 e. The lowest BCUT2D eigenvalue weighted by atomic mass is 10.1. The molecule has 0 aliphatic rings. The summed E-state index contributed by atoms with van der Waals surface area (Å²) in [6, 6.07) is 9.93. The van der Waals surface area contributed by atoms with E-state index in [1.165, 1.54) is 0 Å². The number of aromatic nitrogens is 1. The lowest BCUT2D eigenvalue weighted by Crippen LogP contribution is -2.40. The highest BCUT2D eigenvalue weighted by Gasteiger charge is 2.22. The van der Waals surface area contributed by atoms with Crippen molar-refractivity contribution in [1.82, 2.24) is 9.88 Å². The van der Waals surface area contributed by atoms with Crippen molar-refractivity contribution >= 4 is 17.2 Å². The molecule has 0 radical (unpaired) electrons. The Labute approximate surface area is 148 Å². The molecule has 5 heteroatoms. The summed E-state index contributed by atoms with van der Waals surface area (Å²) < 4.78 is 5.73. The third-order valence-electron chi connectivity index (χ3n) is 3.94. The van der Waals surface area contributed by atoms with Crippen LogP contribution in [0.4, 0.5) is 0 Å². The lowest BCUT2D eigenvalue weighted by molar-refractivity contribution is -0.137. The lowest BCUT2D eigenvalue weighted by Gasteiger charge is -2.29. The maximum atomic E-state index is 12.4. The van der Waals surface area contributed by atoms with Gasteiger partial charge in [-0.3, -0.25) is 4.79 Å². The molecule has 0 N–H and O–H groups in total. The molecule has 2 rings (SSSR count). The summed E-state index contributed by atoms with van der Waals surface area (Å²) >= 11 is 1.58. The molecule has 0 saturated heterocycles. The Hall–Kier alpha value is -1.88. The van der Waals surface area contributed by atoms with E-state index in [0.717, 1.165) is 22.9 Å². The molecule has 4 nitrogen and oxygen atoms in total. The fraction of sp³-hybridized carbons (Fsp3) is 0.474. The SMILES string of the molecule is CC[C@@H](C)N(Cc1csc(COc2ccccc2)n1)C(=O)C(C)C. The number of ether oxygens (including phenoxy) is 1. The highest BCUT2D eigenvalue weighted by atomic mass is 32.1. The number of carbonyl (C=O) groups excluding carboxylic acids is 1. The second kappa shape index (κ2) is 8.83. The molecule has 0 aliphatic carbocycles. The van der Waals surface area contributed by atoms with Gasteiger partial charge in [0.2, 0.25) is 5.91 Å². The largest absolute Gasteiger partial charge is 0.486 e. The zero-order valence-corrected chi connectivity index (χ0v) is 15.7. The van der Waals surface area contributed by atoms with Crippen LogP contribution in [0.3, 0.4) is 0 Å². The molecule has 1 atom stereocenters. The average molecular weight is 346 g/mol. The second-order valence-electron chi connectivity index (χ2n) is 6.21. The van der Waals surface area contributed by atoms with Gasteiger partial charge < -0.3 is 9.64 Å². The van der Waals surface area contributed by atoms with Crippen LogP contribution in [-0.2, 0) is 17.9 Å². The topological polar surface area (TPSA) is 42.4 Å². The number of rotatable bonds is 8. The van der Waals surface area contributed by atoms with E-state index in [-0.39, 0.29) is 17.9 Å². The number of hydrogen-bond acceptors (Lipinski definition) is 4. The van der Waals surface area contributed by atoms with Crippen LogP contribution in [0.1, 0.15) is 44.8 Å². The minimum atomic E-state index is -0.00137. The number of carbonyl (C=O) groups is 1. The van der Waals surface area contributed by atoms with Gasteiger partial charge in [-0.25, -0.2) is 4.98 Å². The Bertz CT molecular complexity index is 640. The van der Waals surface area contributed by atoms with Gasteiger partial charge in [0.25, 0.3) is 0 Å². The van der Waals surface area contributed by atoms with Gasteiger partial charge in [0, 0.05) is 17.3 Å². The molecular weight excluding hydrogens is 320 g/mol. The Kier molecular flexibility index (Phi) is 6.79. The fourth-order valence-corrected chi connectivity index (χ4v) is 3.02. The van der Waals surface area contributed by atoms with Crippen molar-refractivity contribution in [3.63, 3.8) is 0 Å². The van der Waals surface area contributed by atoms with Gasteiger partial charge in [-0.05, 0) is 25.5 Å². The van der Waals surface area contributed by atoms with Crippen LogP contribution in [0.15, 0.2) is 35.7 Å². The van der Waals surface area contributed by atoms with E-state index >= 15 is 0 Å². The van der Waals surface area contributed by atoms with Crippen LogP contribution in [0.25, 0.3) is 0 Å². The first kappa shape index (κ1) is 18.5. The third kappa shape index (κ3) is 5.06. The number of hydrogen-bond donors (Lipinski definition) is 0. The van der Waals surface area contributed by atoms with Gasteiger partial charge >= 0.3 is 0 Å². The molecule has 0 bridgehead atoms. The molecule has 2 aromatic rings. The minimum absolute atomic E-state index is 0.00137. The molecule has 0 saturated carbocycles. The Balaban J connectivity index is 1.99. The molecule has 0 spiro atoms. The molecule has 1 heterocycles. The van der Waals surface area contributed by atoms with Gasteiger partial charge in [-0.1, -0.05) is 39.0 Å². The van der Waals surface area contributed by atoms with Crippen molar-refractivity contribution in [3.8, 4) is 5.75 Å². The van der Waals surface area contributed by atoms with E-state index in [1.807, 2.05) is 54.5 Å². The summed E-state index contributed by atoms with van der Waals surface area (Å²) in [6.07, 6.45) is 0.937. The minimum Gasteiger partial charge on any atom is -0.486 e. The molecule has 130 valence electrons. The van der Waals surface area contributed by atoms with Crippen molar-refractivity contribution in [2.45, 2.75) is 53.3 Å². The number of nitrogens with zero attached hydrogens (tertiary/aromatic N) is 2. The van der Waals surface area contributed by atoms with E-state index < -0.39 is 0 Å². The third-order valence-corrected chi connectivity index (χ3v) is 4.81. The summed E-state index contributed by atoms with van der Waals surface area (Å²) in [5.74, 6) is 1.02. The molecule has 0 fully saturated rings. The van der Waals surface area contributed by atoms with E-state index in [9.17, 15) is 4.79 Å². The van der Waals surface area contributed by atoms with Gasteiger partial charge in [-0.15, -0.1) is 11.3 Å². The quantitative estimate of drug-likeness (QED) is 0.706. The van der Waals surface area contributed by atoms with Crippen LogP contribution in [-0.4, -0.2) is 21.8 Å². The van der Waals surface area contributed by atoms with Crippen molar-refractivity contribution in [3.05, 3.63) is 46.4 Å². The van der Waals surface area contributed by atoms with Crippen molar-refractivity contribution in [1.29, 1.82) is 0 Å². The van der Waals surface area contributed by atoms with E-state index in [0.29, 0.717) is 13.2 Å². The van der Waals surface area contributed by atoms with Crippen LogP contribution < -0.4 is 4.74 Å². The summed E-state index contributed by atoms with van der Waals surface area (Å²) in [5.41, 5.74) is 0.931. The van der Waals surface area contributed by atoms with E-state index in [1.54, 1.807) is 11.3 Å². The molecule has 1 amide bonds. The zero-order chi connectivity index (χ0) is 17.5. The fourth-order valence-electron chi connectivity index (χ4n) is 2.33. The Morgan fingerprint density at radius 3 is 2.58 bits per heavy atom. The van der Waals surface area contributed by atoms with E-state index in [2.05, 4.69) is 18.8 Å². The van der Waals surface area contributed by atoms with Crippen LogP contribution in [0.2, 0.25) is 0 Å². The molecule has 1 aromatic carbocycles. The standard InChI is InChI=1S/C19H26N2O2S/c1-5-15(4)21(19(22)14(2)3)11-16-13-24-18(20-16)12-23-17-9-7-6-8-10-17/h6-10,13-15H,5,11-12H2,1-4H3/t15-/m1/s1. The molecular formula is C19H26N2O2S. The number of para-hydroxylation sites is 1. The molecule has 0 unspecified atom stereocenters. The molecule has 24 heavy (non-hydrogen) atoms. The predicted octanol–water partition coefficient (Wildman–Crippen LogP) is 4.51. The first-order chi connectivity index (χ1) is 11.5. The highest BCUT2D eigenvalue weighted by molar-refractivity contribution is 7.09. The van der Waals surface area contributed by atoms with Gasteiger partial charge in [0.1, 0.15) is 17.4 Å². The molecule has 0 aliphatic heterocycles. The van der Waals surface area contributed by atoms with Crippen molar-refractivity contribution in [2.24, 2.45) is 5.92 Å². The summed E-state index contributed by atoms with van der Waals surface area (Å²) in [6.45, 7) is 9.09. The monoisotopic (exact) mass is 346 g/mol. The van der Waals surface area contributed by atoms with Crippen LogP contribution >= 0.6 is 11.3 Å². The Morgan fingerprint density at radius 1 is 1.25 bits per heavy atom. The first-order valence-corrected chi connectivity index (χ1v) is 9.30. The Morgan fingerprint density at radius 2 is 1.96 bits per heavy atom. The average Bonchev–Trinajstić information content (AvgIpc) is 3.05. The van der Waals surface area contributed by atoms with Crippen LogP contribution in [0.5, 0.6) is 5.75 Å².